The van der Waals surface area contributed by atoms with Crippen LogP contribution in [0.25, 0.3) is 11.0 Å². The molecule has 0 radical (unpaired) electrons. The molecule has 2 rings (SSSR count). The van der Waals surface area contributed by atoms with E-state index in [4.69, 9.17) is 4.42 Å². The van der Waals surface area contributed by atoms with Gasteiger partial charge in [0.1, 0.15) is 5.58 Å². The first-order valence-corrected chi connectivity index (χ1v) is 5.49. The summed E-state index contributed by atoms with van der Waals surface area (Å²) in [6, 6.07) is 8.92. The van der Waals surface area contributed by atoms with Crippen LogP contribution in [0.15, 0.2) is 34.9 Å². The molecule has 0 aliphatic carbocycles. The molecule has 15 heavy (non-hydrogen) atoms. The van der Waals surface area contributed by atoms with E-state index in [1.807, 2.05) is 12.1 Å². The van der Waals surface area contributed by atoms with Gasteiger partial charge in [0.25, 0.3) is 0 Å². The van der Waals surface area contributed by atoms with E-state index in [-0.39, 0.29) is 0 Å². The van der Waals surface area contributed by atoms with Crippen LogP contribution in [0.2, 0.25) is 0 Å². The number of likely N-dealkylation sites (N-methyl/N-ethyl adjacent to an activating group) is 1. The Balaban J connectivity index is 2.14. The predicted octanol–water partition coefficient (Wildman–Crippen LogP) is 2.97. The minimum atomic E-state index is 0.527. The highest BCUT2D eigenvalue weighted by atomic mass is 16.3. The highest BCUT2D eigenvalue weighted by Gasteiger charge is 2.03. The van der Waals surface area contributed by atoms with Gasteiger partial charge in [-0.2, -0.15) is 0 Å². The molecule has 0 saturated carbocycles. The minimum Gasteiger partial charge on any atom is -0.464 e. The van der Waals surface area contributed by atoms with Crippen molar-refractivity contribution in [1.29, 1.82) is 0 Å². The van der Waals surface area contributed by atoms with E-state index < -0.39 is 0 Å². The van der Waals surface area contributed by atoms with E-state index in [0.29, 0.717) is 6.04 Å². The summed E-state index contributed by atoms with van der Waals surface area (Å²) in [5.41, 5.74) is 2.33. The van der Waals surface area contributed by atoms with E-state index in [9.17, 15) is 0 Å². The summed E-state index contributed by atoms with van der Waals surface area (Å²) in [7, 11) is 0. The number of nitrogens with one attached hydrogen (secondary N) is 1. The molecule has 0 aliphatic rings. The zero-order valence-electron chi connectivity index (χ0n) is 9.29. The topological polar surface area (TPSA) is 25.2 Å². The highest BCUT2D eigenvalue weighted by molar-refractivity contribution is 5.77. The first-order chi connectivity index (χ1) is 7.29. The molecule has 2 nitrogen and oxygen atoms in total. The molecule has 0 saturated heterocycles. The lowest BCUT2D eigenvalue weighted by atomic mass is 10.1. The lowest BCUT2D eigenvalue weighted by Crippen LogP contribution is -2.27. The third-order valence-corrected chi connectivity index (χ3v) is 2.61. The van der Waals surface area contributed by atoms with Gasteiger partial charge < -0.3 is 9.73 Å². The van der Waals surface area contributed by atoms with Crippen molar-refractivity contribution in [2.24, 2.45) is 0 Å². The molecule has 0 unspecified atom stereocenters. The molecule has 0 spiro atoms. The summed E-state index contributed by atoms with van der Waals surface area (Å²) in [4.78, 5) is 0. The maximum absolute atomic E-state index is 5.31. The molecule has 1 aromatic heterocycles. The minimum absolute atomic E-state index is 0.527. The standard InChI is InChI=1S/C13H17NO/c1-3-14-10(2)8-11-4-5-13-12(9-11)6-7-15-13/h4-7,9-10,14H,3,8H2,1-2H3/t10-/m1/s1. The number of hydrogen-bond acceptors (Lipinski definition) is 2. The van der Waals surface area contributed by atoms with Crippen molar-refractivity contribution in [1.82, 2.24) is 5.32 Å². The highest BCUT2D eigenvalue weighted by Crippen LogP contribution is 2.17. The van der Waals surface area contributed by atoms with Crippen molar-refractivity contribution in [3.63, 3.8) is 0 Å². The fourth-order valence-corrected chi connectivity index (χ4v) is 1.92. The molecule has 0 bridgehead atoms. The number of benzene rings is 1. The quantitative estimate of drug-likeness (QED) is 0.826. The Labute approximate surface area is 90.3 Å². The van der Waals surface area contributed by atoms with E-state index >= 15 is 0 Å². The Bertz CT molecular complexity index is 433. The van der Waals surface area contributed by atoms with E-state index in [1.165, 1.54) is 10.9 Å². The summed E-state index contributed by atoms with van der Waals surface area (Å²) in [6.07, 6.45) is 2.80. The van der Waals surface area contributed by atoms with Gasteiger partial charge >= 0.3 is 0 Å². The van der Waals surface area contributed by atoms with Crippen molar-refractivity contribution in [3.8, 4) is 0 Å². The molecule has 2 heteroatoms. The zero-order chi connectivity index (χ0) is 10.7. The summed E-state index contributed by atoms with van der Waals surface area (Å²) >= 11 is 0. The second kappa shape index (κ2) is 4.49. The first kappa shape index (κ1) is 10.2. The molecule has 2 aromatic rings. The van der Waals surface area contributed by atoms with Crippen LogP contribution in [0.3, 0.4) is 0 Å². The molecule has 80 valence electrons. The van der Waals surface area contributed by atoms with Gasteiger partial charge in [0.05, 0.1) is 6.26 Å². The molecular formula is C13H17NO. The van der Waals surface area contributed by atoms with Gasteiger partial charge in [0.15, 0.2) is 0 Å². The van der Waals surface area contributed by atoms with Crippen molar-refractivity contribution < 1.29 is 4.42 Å². The van der Waals surface area contributed by atoms with E-state index in [2.05, 4.69) is 31.3 Å². The second-order valence-corrected chi connectivity index (χ2v) is 3.96. The van der Waals surface area contributed by atoms with Gasteiger partial charge in [-0.3, -0.25) is 0 Å². The van der Waals surface area contributed by atoms with E-state index in [0.717, 1.165) is 18.5 Å². The number of hydrogen-bond donors (Lipinski definition) is 1. The summed E-state index contributed by atoms with van der Waals surface area (Å²) < 4.78 is 5.31. The molecule has 1 heterocycles. The molecular weight excluding hydrogens is 186 g/mol. The fourth-order valence-electron chi connectivity index (χ4n) is 1.92. The predicted molar refractivity (Wildman–Crippen MR) is 63.1 cm³/mol. The molecule has 1 N–H and O–H groups in total. The van der Waals surface area contributed by atoms with Crippen molar-refractivity contribution >= 4 is 11.0 Å². The van der Waals surface area contributed by atoms with Crippen LogP contribution in [0.5, 0.6) is 0 Å². The average molecular weight is 203 g/mol. The lowest BCUT2D eigenvalue weighted by Gasteiger charge is -2.11. The van der Waals surface area contributed by atoms with Crippen LogP contribution in [0.4, 0.5) is 0 Å². The van der Waals surface area contributed by atoms with Crippen molar-refractivity contribution in [2.45, 2.75) is 26.3 Å². The Morgan fingerprint density at radius 2 is 2.20 bits per heavy atom. The van der Waals surface area contributed by atoms with Crippen molar-refractivity contribution in [2.75, 3.05) is 6.54 Å². The smallest absolute Gasteiger partial charge is 0.133 e. The summed E-state index contributed by atoms with van der Waals surface area (Å²) in [5, 5.41) is 4.60. The summed E-state index contributed by atoms with van der Waals surface area (Å²) in [6.45, 7) is 5.37. The zero-order valence-corrected chi connectivity index (χ0v) is 9.29. The van der Waals surface area contributed by atoms with E-state index in [1.54, 1.807) is 6.26 Å². The third kappa shape index (κ3) is 2.39. The monoisotopic (exact) mass is 203 g/mol. The Kier molecular flexibility index (Phi) is 3.07. The fraction of sp³-hybridized carbons (Fsp3) is 0.385. The van der Waals surface area contributed by atoms with Crippen LogP contribution < -0.4 is 5.32 Å². The maximum Gasteiger partial charge on any atom is 0.133 e. The Hall–Kier alpha value is -1.28. The van der Waals surface area contributed by atoms with Gasteiger partial charge in [0.2, 0.25) is 0 Å². The van der Waals surface area contributed by atoms with Gasteiger partial charge in [-0.05, 0) is 43.7 Å². The SMILES string of the molecule is CCN[C@H](C)Cc1ccc2occc2c1. The van der Waals surface area contributed by atoms with Gasteiger partial charge in [-0.15, -0.1) is 0 Å². The normalized spacial score (nSPS) is 13.2. The molecule has 0 aliphatic heterocycles. The molecule has 0 fully saturated rings. The van der Waals surface area contributed by atoms with Crippen LogP contribution in [0, 0.1) is 0 Å². The average Bonchev–Trinajstić information content (AvgIpc) is 2.65. The lowest BCUT2D eigenvalue weighted by molar-refractivity contribution is 0.565. The van der Waals surface area contributed by atoms with Crippen LogP contribution in [-0.4, -0.2) is 12.6 Å². The number of fused-ring (bicyclic) bond motifs is 1. The number of rotatable bonds is 4. The van der Waals surface area contributed by atoms with Gasteiger partial charge in [-0.25, -0.2) is 0 Å². The third-order valence-electron chi connectivity index (χ3n) is 2.61. The second-order valence-electron chi connectivity index (χ2n) is 3.96. The molecule has 1 aromatic carbocycles. The summed E-state index contributed by atoms with van der Waals surface area (Å²) in [5.74, 6) is 0. The Morgan fingerprint density at radius 3 is 3.00 bits per heavy atom. The van der Waals surface area contributed by atoms with Crippen molar-refractivity contribution in [3.05, 3.63) is 36.1 Å². The Morgan fingerprint density at radius 1 is 1.33 bits per heavy atom. The largest absolute Gasteiger partial charge is 0.464 e. The maximum atomic E-state index is 5.31. The van der Waals surface area contributed by atoms with Crippen LogP contribution in [-0.2, 0) is 6.42 Å². The molecule has 1 atom stereocenters. The van der Waals surface area contributed by atoms with Crippen LogP contribution >= 0.6 is 0 Å². The van der Waals surface area contributed by atoms with Crippen LogP contribution in [0.1, 0.15) is 19.4 Å². The number of furan rings is 1. The van der Waals surface area contributed by atoms with Gasteiger partial charge in [-0.1, -0.05) is 13.0 Å². The van der Waals surface area contributed by atoms with Gasteiger partial charge in [0, 0.05) is 11.4 Å². The molecule has 0 amide bonds. The first-order valence-electron chi connectivity index (χ1n) is 5.49.